The molecule has 9 aromatic carbocycles. The minimum Gasteiger partial charge on any atom is -0.744 e. The first-order valence-electron chi connectivity index (χ1n) is 54.2. The molecule has 146 heavy (non-hydrogen) atoms. The molecule has 1 unspecified atom stereocenters. The number of hydrogen-bond acceptors (Lipinski definition) is 14. The molecule has 26 heteroatoms. The Kier molecular flexibility index (Phi) is 39.8. The standard InChI is InChI=1S/C25H36F2O6S2.C24H36O3S.C22H33OS.2C18H15S.C13H18F2O5S/c26-25(27,34(28,29)30)35(31,32)33-24-22(19-12-6-2-7-13-19)16-21(18-10-4-1-5-11-18)17-23(24)20-14-8-3-9-15-20;25-28(26,27)24-22(19-12-6-2-7-13-19)16-21(18-10-4-1-5-11-18)17-23(24)20-14-8-3-9-15-20;1-22(2,3)21(24-15-7-8-16-24)20(23)19-13-11-18(12-14-19)17-9-5-4-6-10-17;2*1-4-10-16(11-5-1)19(17-12-6-2-7-13-17)18-14-8-3-9-15-18;14-13(15,21(17,18)19)11(16)20-7-12-4-8-1-9(5-12)3-10(2-8)6-12/h16-20H,1-15H2,(H,28,29,30);16-20H,1-15H2,(H,25,26,27);11-14,17,21H,4-10,15-16H2,1-3H3;2*1-15H;8-10H,1-7H2,(H,17,18,19)/q;;3*+1;/p-2. The van der Waals surface area contributed by atoms with Crippen molar-refractivity contribution in [1.29, 1.82) is 0 Å². The van der Waals surface area contributed by atoms with Crippen LogP contribution >= 0.6 is 0 Å². The van der Waals surface area contributed by atoms with Gasteiger partial charge in [-0.05, 0) is 323 Å². The maximum Gasteiger partial charge on any atom is 0.470 e. The smallest absolute Gasteiger partial charge is 0.470 e. The van der Waals surface area contributed by atoms with Crippen LogP contribution in [0.25, 0.3) is 0 Å². The van der Waals surface area contributed by atoms with Crippen LogP contribution < -0.4 is 4.18 Å². The molecule has 11 aliphatic carbocycles. The van der Waals surface area contributed by atoms with Crippen molar-refractivity contribution in [3.63, 3.8) is 0 Å². The number of esters is 1. The van der Waals surface area contributed by atoms with E-state index < -0.39 is 56.3 Å². The molecule has 21 rings (SSSR count). The third-order valence-electron chi connectivity index (χ3n) is 32.5. The highest BCUT2D eigenvalue weighted by Crippen LogP contribution is 2.61. The number of alkyl halides is 4. The van der Waals surface area contributed by atoms with E-state index in [9.17, 15) is 69.9 Å². The van der Waals surface area contributed by atoms with Gasteiger partial charge in [-0.25, -0.2) is 21.6 Å². The Hall–Kier alpha value is -7.63. The average Bonchev–Trinajstić information content (AvgIpc) is 0.913. The van der Waals surface area contributed by atoms with E-state index in [2.05, 4.69) is 244 Å². The Balaban J connectivity index is 0.000000133. The molecule has 12 aliphatic rings. The summed E-state index contributed by atoms with van der Waals surface area (Å²) >= 11 is 0. The van der Waals surface area contributed by atoms with Gasteiger partial charge < -0.3 is 18.0 Å². The molecule has 15 nitrogen and oxygen atoms in total. The third-order valence-corrected chi connectivity index (χ3v) is 44.7. The second-order valence-electron chi connectivity index (χ2n) is 44.2. The molecule has 1 atom stereocenters. The Bertz CT molecular complexity index is 5720. The fourth-order valence-electron chi connectivity index (χ4n) is 25.8. The number of carbonyl (C=O) groups excluding carboxylic acids is 2. The normalized spacial score (nSPS) is 21.8. The van der Waals surface area contributed by atoms with Gasteiger partial charge in [0.1, 0.15) is 27.4 Å². The highest BCUT2D eigenvalue weighted by molar-refractivity contribution is 8.05. The first-order chi connectivity index (χ1) is 70.0. The molecule has 790 valence electrons. The van der Waals surface area contributed by atoms with Crippen LogP contribution in [0.4, 0.5) is 17.6 Å². The molecule has 1 heterocycles. The van der Waals surface area contributed by atoms with Gasteiger partial charge in [-0.3, -0.25) is 9.35 Å². The molecule has 12 fully saturated rings. The van der Waals surface area contributed by atoms with Crippen molar-refractivity contribution in [2.24, 2.45) is 28.6 Å². The van der Waals surface area contributed by atoms with Gasteiger partial charge in [0.25, 0.3) is 0 Å². The Morgan fingerprint density at radius 2 is 0.658 bits per heavy atom. The number of rotatable bonds is 25. The summed E-state index contributed by atoms with van der Waals surface area (Å²) in [6.45, 7) is 6.56. The first-order valence-corrected chi connectivity index (χ1v) is 64.0. The van der Waals surface area contributed by atoms with Crippen LogP contribution in [0.15, 0.2) is 265 Å². The number of ether oxygens (including phenoxy) is 1. The summed E-state index contributed by atoms with van der Waals surface area (Å²) in [5.41, 5.74) is 7.53. The molecule has 1 saturated heterocycles. The van der Waals surface area contributed by atoms with Gasteiger partial charge in [0.15, 0.2) is 44.7 Å². The summed E-state index contributed by atoms with van der Waals surface area (Å²) in [7, 11) is -22.5. The van der Waals surface area contributed by atoms with E-state index in [1.165, 1.54) is 148 Å². The zero-order chi connectivity index (χ0) is 103. The van der Waals surface area contributed by atoms with Crippen molar-refractivity contribution in [3.8, 4) is 5.75 Å². The summed E-state index contributed by atoms with van der Waals surface area (Å²) in [5.74, 6) is 4.23. The van der Waals surface area contributed by atoms with E-state index in [0.29, 0.717) is 46.5 Å². The van der Waals surface area contributed by atoms with Crippen molar-refractivity contribution in [1.82, 2.24) is 0 Å². The van der Waals surface area contributed by atoms with Crippen LogP contribution in [0.2, 0.25) is 0 Å². The predicted molar refractivity (Wildman–Crippen MR) is 577 cm³/mol. The lowest BCUT2D eigenvalue weighted by molar-refractivity contribution is -0.172. The van der Waals surface area contributed by atoms with E-state index >= 15 is 0 Å². The Morgan fingerprint density at radius 1 is 0.384 bits per heavy atom. The molecule has 0 spiro atoms. The first kappa shape index (κ1) is 112. The largest absolute Gasteiger partial charge is 0.744 e. The average molecular weight is 2130 g/mol. The molecule has 0 radical (unpaired) electrons. The molecule has 4 bridgehead atoms. The fourth-order valence-corrected chi connectivity index (χ4v) is 36.2. The van der Waals surface area contributed by atoms with Gasteiger partial charge in [-0.1, -0.05) is 313 Å². The summed E-state index contributed by atoms with van der Waals surface area (Å²) in [6.07, 6.45) is 47.3. The SMILES string of the molecule is CC(C)(C)C(C(=O)c1ccc(C2CCCCC2)cc1)[S+]1CCCC1.O=C(OCC12CC3CC(CC(C3)C1)C2)C(F)(F)S(=O)(=O)O.O=S(=O)([O-])C(F)(F)S(=O)(=O)Oc1c(C2CCCCC2)cc(C2CCCCC2)cc1C1CCCCC1.O=S(=O)([O-])c1c(C2CCCCC2)cc(C2CCCCC2)cc1C1CCCCC1.c1ccc([S+](c2ccccc2)c2ccccc2)cc1.c1ccc([S+](c2ccccc2)c2ccccc2)cc1. The second-order valence-corrected chi connectivity index (χ2v) is 56.6. The Morgan fingerprint density at radius 3 is 0.932 bits per heavy atom. The van der Waals surface area contributed by atoms with Crippen molar-refractivity contribution in [2.45, 2.75) is 388 Å². The summed E-state index contributed by atoms with van der Waals surface area (Å²) < 4.78 is 185. The minimum absolute atomic E-state index is 0.0146. The van der Waals surface area contributed by atoms with Gasteiger partial charge in [-0.15, -0.1) is 0 Å². The van der Waals surface area contributed by atoms with Gasteiger partial charge >= 0.3 is 36.0 Å². The van der Waals surface area contributed by atoms with E-state index in [1.54, 1.807) is 0 Å². The topological polar surface area (TPSA) is 256 Å². The molecule has 0 aromatic heterocycles. The van der Waals surface area contributed by atoms with Crippen molar-refractivity contribution in [3.05, 3.63) is 275 Å². The zero-order valence-corrected chi connectivity index (χ0v) is 91.1. The van der Waals surface area contributed by atoms with Crippen LogP contribution in [-0.4, -0.2) is 92.3 Å². The number of hydrogen-bond donors (Lipinski definition) is 1. The van der Waals surface area contributed by atoms with Gasteiger partial charge in [0.2, 0.25) is 5.78 Å². The van der Waals surface area contributed by atoms with Crippen LogP contribution in [0.1, 0.15) is 388 Å². The van der Waals surface area contributed by atoms with E-state index in [1.807, 2.05) is 12.1 Å². The fraction of sp³-hybridized carbons (Fsp3) is 0.533. The summed E-state index contributed by atoms with van der Waals surface area (Å²) in [6, 6.07) is 81.2. The van der Waals surface area contributed by atoms with E-state index in [0.717, 1.165) is 208 Å². The van der Waals surface area contributed by atoms with Crippen molar-refractivity contribution in [2.75, 3.05) is 18.1 Å². The van der Waals surface area contributed by atoms with Crippen molar-refractivity contribution < 1.29 is 83.4 Å². The van der Waals surface area contributed by atoms with Crippen LogP contribution in [-0.2, 0) is 82.7 Å². The number of carbonyl (C=O) groups is 2. The number of halogens is 4. The quantitative estimate of drug-likeness (QED) is 0.0139. The molecule has 11 saturated carbocycles. The highest BCUT2D eigenvalue weighted by Gasteiger charge is 2.58. The molecular formula is C120H151F4O15S7+. The third kappa shape index (κ3) is 29.2. The maximum atomic E-state index is 14.3. The second kappa shape index (κ2) is 51.7. The minimum atomic E-state index is -6.48. The van der Waals surface area contributed by atoms with Gasteiger partial charge in [-0.2, -0.15) is 34.4 Å². The lowest BCUT2D eigenvalue weighted by Gasteiger charge is -2.56. The van der Waals surface area contributed by atoms with Gasteiger partial charge in [0.05, 0.1) is 33.3 Å². The lowest BCUT2D eigenvalue weighted by Crippen LogP contribution is -2.49. The maximum absolute atomic E-state index is 14.3. The number of Topliss-reactive ketones (excluding diaryl/α,β-unsaturated/α-hetero) is 1. The monoisotopic (exact) mass is 2130 g/mol. The number of ketones is 1. The van der Waals surface area contributed by atoms with Crippen LogP contribution in [0.3, 0.4) is 0 Å². The summed E-state index contributed by atoms with van der Waals surface area (Å²) in [4.78, 5) is 32.9. The van der Waals surface area contributed by atoms with Crippen molar-refractivity contribution >= 4 is 84.9 Å². The highest BCUT2D eigenvalue weighted by atomic mass is 32.3. The predicted octanol–water partition coefficient (Wildman–Crippen LogP) is 30.9. The zero-order valence-electron chi connectivity index (χ0n) is 85.3. The summed E-state index contributed by atoms with van der Waals surface area (Å²) in [5, 5.41) is -4.70. The molecule has 0 amide bonds. The molecule has 9 aromatic rings. The Labute approximate surface area is 876 Å². The lowest BCUT2D eigenvalue weighted by atomic mass is 9.50. The molecule has 1 N–H and O–H groups in total. The van der Waals surface area contributed by atoms with Crippen LogP contribution in [0.5, 0.6) is 5.75 Å². The molecular weight excluding hydrogens is 1980 g/mol. The van der Waals surface area contributed by atoms with Gasteiger partial charge in [0, 0.05) is 16.4 Å². The van der Waals surface area contributed by atoms with Crippen LogP contribution in [0, 0.1) is 28.6 Å². The van der Waals surface area contributed by atoms with E-state index in [4.69, 9.17) is 8.74 Å². The van der Waals surface area contributed by atoms with E-state index in [-0.39, 0.29) is 89.7 Å². The molecule has 1 aliphatic heterocycles. The number of benzene rings is 9.